The minimum absolute atomic E-state index is 0.0782. The van der Waals surface area contributed by atoms with Gasteiger partial charge in [0.25, 0.3) is 0 Å². The van der Waals surface area contributed by atoms with Gasteiger partial charge >= 0.3 is 0 Å². The Hall–Kier alpha value is -2.61. The Labute approximate surface area is 140 Å². The molecule has 0 aliphatic carbocycles. The first-order chi connectivity index (χ1) is 11.7. The number of nitrogens with one attached hydrogen (secondary N) is 3. The lowest BCUT2D eigenvalue weighted by molar-refractivity contribution is -0.125. The molecule has 1 aliphatic rings. The highest BCUT2D eigenvalue weighted by atomic mass is 16.5. The van der Waals surface area contributed by atoms with E-state index in [4.69, 9.17) is 10.5 Å². The quantitative estimate of drug-likeness (QED) is 0.640. The van der Waals surface area contributed by atoms with Crippen molar-refractivity contribution in [1.82, 2.24) is 25.8 Å². The lowest BCUT2D eigenvalue weighted by atomic mass is 9.97. The number of nitrogen functional groups attached to an aromatic ring is 1. The number of hydrogen-bond donors (Lipinski definition) is 4. The van der Waals surface area contributed by atoms with Crippen molar-refractivity contribution >= 4 is 11.9 Å². The van der Waals surface area contributed by atoms with E-state index in [-0.39, 0.29) is 17.8 Å². The second-order valence-electron chi connectivity index (χ2n) is 5.78. The number of carbonyl (C=O) groups excluding carboxylic acids is 1. The molecule has 1 amide bonds. The number of aromatic nitrogens is 3. The standard InChI is InChI=1S/C16H22N6O2/c1-24-13-11(9-19-15(23)10-5-7-18-8-6-10)3-2-4-12(13)14-20-16(17)22-21-14/h2-4,10,18H,5-9H2,1H3,(H,19,23)(H3,17,20,21,22). The fourth-order valence-electron chi connectivity index (χ4n) is 2.96. The molecule has 0 bridgehead atoms. The van der Waals surface area contributed by atoms with Crippen molar-refractivity contribution in [2.75, 3.05) is 25.9 Å². The number of hydrogen-bond acceptors (Lipinski definition) is 6. The molecule has 0 unspecified atom stereocenters. The third-order valence-electron chi connectivity index (χ3n) is 4.22. The predicted molar refractivity (Wildman–Crippen MR) is 90.2 cm³/mol. The largest absolute Gasteiger partial charge is 0.496 e. The molecule has 1 saturated heterocycles. The van der Waals surface area contributed by atoms with Gasteiger partial charge in [0.1, 0.15) is 5.75 Å². The molecule has 2 heterocycles. The number of anilines is 1. The SMILES string of the molecule is COc1c(CNC(=O)C2CCNCC2)cccc1-c1nc(N)n[nH]1. The van der Waals surface area contributed by atoms with Crippen LogP contribution in [0.15, 0.2) is 18.2 Å². The van der Waals surface area contributed by atoms with Crippen LogP contribution in [0.4, 0.5) is 5.95 Å². The fraction of sp³-hybridized carbons (Fsp3) is 0.438. The van der Waals surface area contributed by atoms with E-state index in [0.29, 0.717) is 18.1 Å². The maximum absolute atomic E-state index is 12.3. The first kappa shape index (κ1) is 16.3. The summed E-state index contributed by atoms with van der Waals surface area (Å²) in [5.74, 6) is 1.54. The van der Waals surface area contributed by atoms with Crippen molar-refractivity contribution < 1.29 is 9.53 Å². The summed E-state index contributed by atoms with van der Waals surface area (Å²) in [6, 6.07) is 5.68. The molecule has 8 heteroatoms. The number of nitrogens with zero attached hydrogens (tertiary/aromatic N) is 2. The Morgan fingerprint density at radius 3 is 2.88 bits per heavy atom. The third kappa shape index (κ3) is 3.48. The molecule has 2 aromatic rings. The first-order valence-corrected chi connectivity index (χ1v) is 8.01. The summed E-state index contributed by atoms with van der Waals surface area (Å²) in [6.07, 6.45) is 1.75. The second-order valence-corrected chi connectivity index (χ2v) is 5.78. The number of rotatable bonds is 5. The number of benzene rings is 1. The third-order valence-corrected chi connectivity index (χ3v) is 4.22. The van der Waals surface area contributed by atoms with Crippen LogP contribution in [0.2, 0.25) is 0 Å². The van der Waals surface area contributed by atoms with Crippen LogP contribution in [0, 0.1) is 5.92 Å². The molecule has 0 saturated carbocycles. The molecule has 0 atom stereocenters. The fourth-order valence-corrected chi connectivity index (χ4v) is 2.96. The van der Waals surface area contributed by atoms with Gasteiger partial charge in [-0.3, -0.25) is 9.89 Å². The van der Waals surface area contributed by atoms with Crippen LogP contribution in [0.1, 0.15) is 18.4 Å². The van der Waals surface area contributed by atoms with Gasteiger partial charge in [-0.05, 0) is 32.0 Å². The highest BCUT2D eigenvalue weighted by Crippen LogP contribution is 2.31. The van der Waals surface area contributed by atoms with Gasteiger partial charge in [0, 0.05) is 18.0 Å². The lowest BCUT2D eigenvalue weighted by Crippen LogP contribution is -2.37. The van der Waals surface area contributed by atoms with E-state index >= 15 is 0 Å². The van der Waals surface area contributed by atoms with E-state index in [1.807, 2.05) is 18.2 Å². The van der Waals surface area contributed by atoms with E-state index in [9.17, 15) is 4.79 Å². The molecule has 0 spiro atoms. The van der Waals surface area contributed by atoms with Crippen molar-refractivity contribution in [1.29, 1.82) is 0 Å². The zero-order valence-electron chi connectivity index (χ0n) is 13.6. The van der Waals surface area contributed by atoms with Gasteiger partial charge in [0.15, 0.2) is 5.82 Å². The normalized spacial score (nSPS) is 15.2. The van der Waals surface area contributed by atoms with Gasteiger partial charge < -0.3 is 21.1 Å². The topological polar surface area (TPSA) is 118 Å². The Balaban J connectivity index is 1.74. The number of methoxy groups -OCH3 is 1. The van der Waals surface area contributed by atoms with Crippen LogP contribution in [0.3, 0.4) is 0 Å². The average Bonchev–Trinajstić information content (AvgIpc) is 3.06. The van der Waals surface area contributed by atoms with E-state index in [2.05, 4.69) is 25.8 Å². The van der Waals surface area contributed by atoms with Crippen LogP contribution in [0.25, 0.3) is 11.4 Å². The molecular weight excluding hydrogens is 308 g/mol. The summed E-state index contributed by atoms with van der Waals surface area (Å²) >= 11 is 0. The lowest BCUT2D eigenvalue weighted by Gasteiger charge is -2.22. The number of nitrogens with two attached hydrogens (primary N) is 1. The number of amides is 1. The van der Waals surface area contributed by atoms with Crippen molar-refractivity contribution in [3.05, 3.63) is 23.8 Å². The summed E-state index contributed by atoms with van der Waals surface area (Å²) in [5, 5.41) is 12.9. The maximum atomic E-state index is 12.3. The summed E-state index contributed by atoms with van der Waals surface area (Å²) in [7, 11) is 1.59. The zero-order chi connectivity index (χ0) is 16.9. The van der Waals surface area contributed by atoms with Gasteiger partial charge in [-0.15, -0.1) is 5.10 Å². The Kier molecular flexibility index (Phi) is 4.95. The van der Waals surface area contributed by atoms with E-state index < -0.39 is 0 Å². The van der Waals surface area contributed by atoms with Gasteiger partial charge in [-0.2, -0.15) is 4.98 Å². The van der Waals surface area contributed by atoms with Crippen LogP contribution in [-0.4, -0.2) is 41.3 Å². The highest BCUT2D eigenvalue weighted by Gasteiger charge is 2.21. The molecule has 1 aromatic carbocycles. The minimum Gasteiger partial charge on any atom is -0.496 e. The van der Waals surface area contributed by atoms with E-state index in [1.54, 1.807) is 7.11 Å². The van der Waals surface area contributed by atoms with Crippen molar-refractivity contribution in [2.45, 2.75) is 19.4 Å². The summed E-state index contributed by atoms with van der Waals surface area (Å²) in [6.45, 7) is 2.19. The molecule has 0 radical (unpaired) electrons. The second kappa shape index (κ2) is 7.31. The zero-order valence-corrected chi connectivity index (χ0v) is 13.6. The van der Waals surface area contributed by atoms with Gasteiger partial charge in [-0.1, -0.05) is 12.1 Å². The number of para-hydroxylation sites is 1. The van der Waals surface area contributed by atoms with Crippen LogP contribution >= 0.6 is 0 Å². The number of H-pyrrole nitrogens is 1. The molecule has 24 heavy (non-hydrogen) atoms. The molecule has 8 nitrogen and oxygen atoms in total. The average molecular weight is 330 g/mol. The van der Waals surface area contributed by atoms with Crippen molar-refractivity contribution in [2.24, 2.45) is 5.92 Å². The molecular formula is C16H22N6O2. The van der Waals surface area contributed by atoms with Crippen LogP contribution < -0.4 is 21.1 Å². The van der Waals surface area contributed by atoms with Crippen LogP contribution in [0.5, 0.6) is 5.75 Å². The Bertz CT molecular complexity index is 708. The van der Waals surface area contributed by atoms with Crippen LogP contribution in [-0.2, 0) is 11.3 Å². The summed E-state index contributed by atoms with van der Waals surface area (Å²) < 4.78 is 5.53. The van der Waals surface area contributed by atoms with E-state index in [0.717, 1.165) is 37.1 Å². The maximum Gasteiger partial charge on any atom is 0.239 e. The van der Waals surface area contributed by atoms with E-state index in [1.165, 1.54) is 0 Å². The molecule has 5 N–H and O–H groups in total. The first-order valence-electron chi connectivity index (χ1n) is 8.01. The Morgan fingerprint density at radius 1 is 1.42 bits per heavy atom. The molecule has 3 rings (SSSR count). The predicted octanol–water partition coefficient (Wildman–Crippen LogP) is 0.678. The number of aromatic amines is 1. The van der Waals surface area contributed by atoms with Crippen molar-refractivity contribution in [3.8, 4) is 17.1 Å². The van der Waals surface area contributed by atoms with Gasteiger partial charge in [-0.25, -0.2) is 0 Å². The minimum atomic E-state index is 0.0782. The highest BCUT2D eigenvalue weighted by molar-refractivity contribution is 5.79. The van der Waals surface area contributed by atoms with Gasteiger partial charge in [0.05, 0.1) is 12.7 Å². The molecule has 1 fully saturated rings. The number of ether oxygens (including phenoxy) is 1. The molecule has 128 valence electrons. The summed E-state index contributed by atoms with van der Waals surface area (Å²) in [5.41, 5.74) is 7.21. The summed E-state index contributed by atoms with van der Waals surface area (Å²) in [4.78, 5) is 16.4. The monoisotopic (exact) mass is 330 g/mol. The van der Waals surface area contributed by atoms with Crippen molar-refractivity contribution in [3.63, 3.8) is 0 Å². The number of carbonyl (C=O) groups is 1. The molecule has 1 aromatic heterocycles. The Morgan fingerprint density at radius 2 is 2.21 bits per heavy atom. The smallest absolute Gasteiger partial charge is 0.239 e. The number of piperidine rings is 1. The molecule has 1 aliphatic heterocycles. The van der Waals surface area contributed by atoms with Gasteiger partial charge in [0.2, 0.25) is 11.9 Å².